The van der Waals surface area contributed by atoms with E-state index in [4.69, 9.17) is 4.74 Å². The highest BCUT2D eigenvalue weighted by atomic mass is 16.6. The first-order valence-electron chi connectivity index (χ1n) is 6.99. The van der Waals surface area contributed by atoms with E-state index in [0.29, 0.717) is 11.5 Å². The van der Waals surface area contributed by atoms with Crippen LogP contribution in [0.2, 0.25) is 0 Å². The van der Waals surface area contributed by atoms with Crippen LogP contribution in [0.1, 0.15) is 48.0 Å². The van der Waals surface area contributed by atoms with Crippen LogP contribution in [0.4, 0.5) is 4.79 Å². The van der Waals surface area contributed by atoms with Crippen LogP contribution in [-0.4, -0.2) is 39.2 Å². The highest BCUT2D eigenvalue weighted by molar-refractivity contribution is 5.67. The maximum Gasteiger partial charge on any atom is 0.434 e. The summed E-state index contributed by atoms with van der Waals surface area (Å²) in [6, 6.07) is -0.487. The van der Waals surface area contributed by atoms with Crippen molar-refractivity contribution in [1.29, 1.82) is 0 Å². The largest absolute Gasteiger partial charge is 0.442 e. The Labute approximate surface area is 121 Å². The fourth-order valence-electron chi connectivity index (χ4n) is 2.26. The number of aliphatic hydroxyl groups excluding tert-OH is 1. The van der Waals surface area contributed by atoms with Gasteiger partial charge in [0.15, 0.2) is 0 Å². The molecule has 116 valence electrons. The SMILES string of the molecule is CC(C)(C)OC(=O)N(O)C1CC=CC1C(O)C(C)(C)C. The number of hydroxylamine groups is 2. The molecule has 0 saturated heterocycles. The van der Waals surface area contributed by atoms with Crippen LogP contribution >= 0.6 is 0 Å². The lowest BCUT2D eigenvalue weighted by molar-refractivity contribution is -0.139. The van der Waals surface area contributed by atoms with Crippen LogP contribution in [0.15, 0.2) is 12.2 Å². The van der Waals surface area contributed by atoms with Crippen LogP contribution in [0.3, 0.4) is 0 Å². The number of hydrogen-bond donors (Lipinski definition) is 2. The minimum atomic E-state index is -0.780. The fraction of sp³-hybridized carbons (Fsp3) is 0.800. The van der Waals surface area contributed by atoms with E-state index in [1.807, 2.05) is 32.9 Å². The van der Waals surface area contributed by atoms with Crippen molar-refractivity contribution in [3.8, 4) is 0 Å². The maximum absolute atomic E-state index is 11.9. The first kappa shape index (κ1) is 17.0. The first-order chi connectivity index (χ1) is 8.93. The van der Waals surface area contributed by atoms with Gasteiger partial charge in [-0.3, -0.25) is 5.21 Å². The first-order valence-corrected chi connectivity index (χ1v) is 6.99. The highest BCUT2D eigenvalue weighted by Crippen LogP contribution is 2.34. The second-order valence-electron chi connectivity index (χ2n) is 7.44. The molecule has 1 aliphatic rings. The van der Waals surface area contributed by atoms with Gasteiger partial charge in [-0.05, 0) is 32.6 Å². The van der Waals surface area contributed by atoms with E-state index >= 15 is 0 Å². The van der Waals surface area contributed by atoms with Crippen molar-refractivity contribution in [2.45, 2.75) is 65.7 Å². The molecule has 0 aromatic heterocycles. The molecule has 3 unspecified atom stereocenters. The second kappa shape index (κ2) is 5.74. The van der Waals surface area contributed by atoms with Crippen LogP contribution < -0.4 is 0 Å². The van der Waals surface area contributed by atoms with Crippen molar-refractivity contribution >= 4 is 6.09 Å². The highest BCUT2D eigenvalue weighted by Gasteiger charge is 2.41. The number of nitrogens with zero attached hydrogens (tertiary/aromatic N) is 1. The van der Waals surface area contributed by atoms with Gasteiger partial charge in [0, 0.05) is 5.92 Å². The average Bonchev–Trinajstić information content (AvgIpc) is 2.71. The van der Waals surface area contributed by atoms with Crippen molar-refractivity contribution in [3.05, 3.63) is 12.2 Å². The van der Waals surface area contributed by atoms with Crippen LogP contribution in [-0.2, 0) is 4.74 Å². The van der Waals surface area contributed by atoms with E-state index in [1.54, 1.807) is 20.8 Å². The Morgan fingerprint density at radius 1 is 1.30 bits per heavy atom. The van der Waals surface area contributed by atoms with Gasteiger partial charge in [0.2, 0.25) is 0 Å². The molecule has 0 spiro atoms. The third-order valence-corrected chi connectivity index (χ3v) is 3.33. The third-order valence-electron chi connectivity index (χ3n) is 3.33. The molecule has 0 bridgehead atoms. The molecule has 3 atom stereocenters. The van der Waals surface area contributed by atoms with Gasteiger partial charge in [0.25, 0.3) is 0 Å². The lowest BCUT2D eigenvalue weighted by Gasteiger charge is -2.36. The lowest BCUT2D eigenvalue weighted by atomic mass is 9.79. The van der Waals surface area contributed by atoms with E-state index in [0.717, 1.165) is 0 Å². The second-order valence-corrected chi connectivity index (χ2v) is 7.44. The molecule has 0 fully saturated rings. The molecule has 0 radical (unpaired) electrons. The molecule has 20 heavy (non-hydrogen) atoms. The number of carbonyl (C=O) groups excluding carboxylic acids is 1. The molecule has 1 rings (SSSR count). The summed E-state index contributed by atoms with van der Waals surface area (Å²) < 4.78 is 5.15. The van der Waals surface area contributed by atoms with Gasteiger partial charge < -0.3 is 9.84 Å². The topological polar surface area (TPSA) is 70.0 Å². The molecule has 0 aliphatic heterocycles. The summed E-state index contributed by atoms with van der Waals surface area (Å²) in [6.45, 7) is 11.0. The summed E-state index contributed by atoms with van der Waals surface area (Å²) >= 11 is 0. The van der Waals surface area contributed by atoms with Crippen molar-refractivity contribution < 1.29 is 19.8 Å². The lowest BCUT2D eigenvalue weighted by Crippen LogP contribution is -2.48. The fourth-order valence-corrected chi connectivity index (χ4v) is 2.26. The monoisotopic (exact) mass is 285 g/mol. The molecular formula is C15H27NO4. The van der Waals surface area contributed by atoms with Crippen molar-refractivity contribution in [2.75, 3.05) is 0 Å². The van der Waals surface area contributed by atoms with Crippen LogP contribution in [0.5, 0.6) is 0 Å². The van der Waals surface area contributed by atoms with Gasteiger partial charge in [0.1, 0.15) is 5.60 Å². The van der Waals surface area contributed by atoms with E-state index in [-0.39, 0.29) is 11.3 Å². The van der Waals surface area contributed by atoms with E-state index < -0.39 is 23.8 Å². The normalized spacial score (nSPS) is 24.6. The van der Waals surface area contributed by atoms with Crippen molar-refractivity contribution in [2.24, 2.45) is 11.3 Å². The van der Waals surface area contributed by atoms with Gasteiger partial charge >= 0.3 is 6.09 Å². The molecule has 5 nitrogen and oxygen atoms in total. The molecule has 2 N–H and O–H groups in total. The van der Waals surface area contributed by atoms with Crippen molar-refractivity contribution in [3.63, 3.8) is 0 Å². The predicted octanol–water partition coefficient (Wildman–Crippen LogP) is 2.96. The number of ether oxygens (including phenoxy) is 1. The van der Waals surface area contributed by atoms with Crippen LogP contribution in [0.25, 0.3) is 0 Å². The van der Waals surface area contributed by atoms with Crippen LogP contribution in [0, 0.1) is 11.3 Å². The quantitative estimate of drug-likeness (QED) is 0.465. The number of aliphatic hydroxyl groups is 1. The smallest absolute Gasteiger partial charge is 0.434 e. The maximum atomic E-state index is 11.9. The molecule has 0 heterocycles. The Hall–Kier alpha value is -1.07. The number of amides is 1. The third kappa shape index (κ3) is 4.21. The van der Waals surface area contributed by atoms with Gasteiger partial charge in [-0.1, -0.05) is 32.9 Å². The zero-order valence-corrected chi connectivity index (χ0v) is 13.3. The summed E-state index contributed by atoms with van der Waals surface area (Å²) in [7, 11) is 0. The number of carbonyl (C=O) groups is 1. The Balaban J connectivity index is 2.78. The van der Waals surface area contributed by atoms with Gasteiger partial charge in [-0.25, -0.2) is 4.79 Å². The van der Waals surface area contributed by atoms with Crippen molar-refractivity contribution in [1.82, 2.24) is 5.06 Å². The standard InChI is InChI=1S/C15H27NO4/c1-14(2,3)12(17)10-8-7-9-11(10)16(19)13(18)20-15(4,5)6/h7-8,10-12,17,19H,9H2,1-6H3. The van der Waals surface area contributed by atoms with E-state index in [1.165, 1.54) is 0 Å². The minimum absolute atomic E-state index is 0.299. The summed E-state index contributed by atoms with van der Waals surface area (Å²) in [6.07, 6.45) is 2.81. The van der Waals surface area contributed by atoms with Gasteiger partial charge in [0.05, 0.1) is 12.1 Å². The predicted molar refractivity (Wildman–Crippen MR) is 76.4 cm³/mol. The molecule has 1 amide bonds. The summed E-state index contributed by atoms with van der Waals surface area (Å²) in [5.74, 6) is -0.299. The molecule has 0 aromatic carbocycles. The molecule has 5 heteroatoms. The molecule has 0 saturated carbocycles. The summed E-state index contributed by atoms with van der Waals surface area (Å²) in [5, 5.41) is 21.1. The minimum Gasteiger partial charge on any atom is -0.442 e. The van der Waals surface area contributed by atoms with Gasteiger partial charge in [-0.2, -0.15) is 5.06 Å². The summed E-state index contributed by atoms with van der Waals surface area (Å²) in [4.78, 5) is 11.9. The Bertz CT molecular complexity index is 378. The van der Waals surface area contributed by atoms with Gasteiger partial charge in [-0.15, -0.1) is 0 Å². The number of rotatable bonds is 2. The average molecular weight is 285 g/mol. The van der Waals surface area contributed by atoms with E-state index in [2.05, 4.69) is 0 Å². The molecule has 0 aromatic rings. The number of hydrogen-bond acceptors (Lipinski definition) is 4. The Kier molecular flexibility index (Phi) is 4.87. The molecular weight excluding hydrogens is 258 g/mol. The zero-order chi connectivity index (χ0) is 15.7. The zero-order valence-electron chi connectivity index (χ0n) is 13.3. The molecule has 1 aliphatic carbocycles. The van der Waals surface area contributed by atoms with E-state index in [9.17, 15) is 15.1 Å². The summed E-state index contributed by atoms with van der Waals surface area (Å²) in [5.41, 5.74) is -0.991. The Morgan fingerprint density at radius 3 is 2.30 bits per heavy atom. The Morgan fingerprint density at radius 2 is 1.85 bits per heavy atom.